The molecule has 1 fully saturated rings. The van der Waals surface area contributed by atoms with Crippen molar-refractivity contribution in [3.8, 4) is 5.75 Å². The fraction of sp³-hybridized carbons (Fsp3) is 0.600. The molecule has 0 bridgehead atoms. The molecule has 0 atom stereocenters. The maximum absolute atomic E-state index is 5.84. The zero-order valence-corrected chi connectivity index (χ0v) is 11.3. The van der Waals surface area contributed by atoms with Crippen LogP contribution >= 0.6 is 0 Å². The van der Waals surface area contributed by atoms with E-state index in [9.17, 15) is 0 Å². The molecule has 1 saturated heterocycles. The van der Waals surface area contributed by atoms with Gasteiger partial charge < -0.3 is 10.5 Å². The number of para-hydroxylation sites is 2. The number of nitrogen functional groups attached to an aromatic ring is 1. The Morgan fingerprint density at radius 2 is 2.00 bits per heavy atom. The molecule has 0 aromatic heterocycles. The van der Waals surface area contributed by atoms with Gasteiger partial charge in [0.25, 0.3) is 0 Å². The minimum atomic E-state index is 0.724. The number of ether oxygens (including phenoxy) is 1. The Kier molecular flexibility index (Phi) is 4.88. The minimum absolute atomic E-state index is 0.724. The monoisotopic (exact) mass is 248 g/mol. The fourth-order valence-corrected chi connectivity index (χ4v) is 2.51. The van der Waals surface area contributed by atoms with E-state index in [0.717, 1.165) is 30.5 Å². The van der Waals surface area contributed by atoms with Crippen LogP contribution in [0.5, 0.6) is 5.75 Å². The minimum Gasteiger partial charge on any atom is -0.490 e. The molecular formula is C15H24N2O. The number of nitrogens with zero attached hydrogens (tertiary/aromatic N) is 1. The molecule has 1 aliphatic rings. The van der Waals surface area contributed by atoms with Crippen molar-refractivity contribution in [1.82, 2.24) is 4.90 Å². The van der Waals surface area contributed by atoms with Gasteiger partial charge in [-0.1, -0.05) is 25.5 Å². The summed E-state index contributed by atoms with van der Waals surface area (Å²) in [5, 5.41) is 0. The van der Waals surface area contributed by atoms with Gasteiger partial charge in [0.05, 0.1) is 5.69 Å². The van der Waals surface area contributed by atoms with Crippen molar-refractivity contribution in [2.24, 2.45) is 5.92 Å². The van der Waals surface area contributed by atoms with Crippen molar-refractivity contribution >= 4 is 5.69 Å². The molecule has 0 unspecified atom stereocenters. The number of hydrogen-bond donors (Lipinski definition) is 1. The summed E-state index contributed by atoms with van der Waals surface area (Å²) < 4.78 is 5.73. The molecule has 3 nitrogen and oxygen atoms in total. The van der Waals surface area contributed by atoms with Gasteiger partial charge in [-0.2, -0.15) is 0 Å². The van der Waals surface area contributed by atoms with E-state index in [1.807, 2.05) is 24.3 Å². The van der Waals surface area contributed by atoms with Gasteiger partial charge in [0.15, 0.2) is 0 Å². The van der Waals surface area contributed by atoms with Crippen molar-refractivity contribution in [2.75, 3.05) is 32.0 Å². The van der Waals surface area contributed by atoms with Crippen LogP contribution < -0.4 is 10.5 Å². The zero-order valence-electron chi connectivity index (χ0n) is 11.3. The average Bonchev–Trinajstić information content (AvgIpc) is 2.42. The first-order valence-electron chi connectivity index (χ1n) is 6.99. The quantitative estimate of drug-likeness (QED) is 0.814. The molecule has 1 aromatic carbocycles. The summed E-state index contributed by atoms with van der Waals surface area (Å²) in [6.45, 7) is 6.45. The summed E-state index contributed by atoms with van der Waals surface area (Å²) in [5.74, 6) is 1.74. The van der Waals surface area contributed by atoms with Crippen LogP contribution in [0.1, 0.15) is 26.2 Å². The zero-order chi connectivity index (χ0) is 12.8. The molecular weight excluding hydrogens is 224 g/mol. The van der Waals surface area contributed by atoms with Crippen LogP contribution in [0.2, 0.25) is 0 Å². The fourth-order valence-electron chi connectivity index (χ4n) is 2.51. The molecule has 0 radical (unpaired) electrons. The van der Waals surface area contributed by atoms with E-state index in [4.69, 9.17) is 10.5 Å². The molecule has 3 heteroatoms. The molecule has 1 aliphatic heterocycles. The first-order valence-corrected chi connectivity index (χ1v) is 6.99. The molecule has 0 saturated carbocycles. The van der Waals surface area contributed by atoms with Gasteiger partial charge in [0.2, 0.25) is 0 Å². The van der Waals surface area contributed by atoms with Crippen LogP contribution in [0.4, 0.5) is 5.69 Å². The smallest absolute Gasteiger partial charge is 0.142 e. The maximum Gasteiger partial charge on any atom is 0.142 e. The van der Waals surface area contributed by atoms with E-state index in [1.165, 1.54) is 32.4 Å². The topological polar surface area (TPSA) is 38.5 Å². The third-order valence-corrected chi connectivity index (χ3v) is 3.87. The summed E-state index contributed by atoms with van der Waals surface area (Å²) in [5.41, 5.74) is 6.56. The molecule has 2 rings (SSSR count). The normalized spacial score (nSPS) is 17.8. The molecule has 18 heavy (non-hydrogen) atoms. The Balaban J connectivity index is 1.69. The van der Waals surface area contributed by atoms with Crippen molar-refractivity contribution in [3.63, 3.8) is 0 Å². The van der Waals surface area contributed by atoms with Gasteiger partial charge in [0.1, 0.15) is 12.4 Å². The predicted molar refractivity (Wildman–Crippen MR) is 75.8 cm³/mol. The number of likely N-dealkylation sites (tertiary alicyclic amines) is 1. The number of anilines is 1. The highest BCUT2D eigenvalue weighted by atomic mass is 16.5. The van der Waals surface area contributed by atoms with E-state index < -0.39 is 0 Å². The first-order chi connectivity index (χ1) is 8.79. The second-order valence-electron chi connectivity index (χ2n) is 5.08. The van der Waals surface area contributed by atoms with E-state index >= 15 is 0 Å². The Morgan fingerprint density at radius 3 is 2.67 bits per heavy atom. The third-order valence-electron chi connectivity index (χ3n) is 3.87. The Labute approximate surface area is 110 Å². The highest BCUT2D eigenvalue weighted by molar-refractivity contribution is 5.51. The molecule has 1 heterocycles. The first kappa shape index (κ1) is 13.2. The van der Waals surface area contributed by atoms with Crippen LogP contribution in [-0.2, 0) is 0 Å². The molecule has 1 aromatic rings. The Bertz CT molecular complexity index is 359. The van der Waals surface area contributed by atoms with Crippen molar-refractivity contribution < 1.29 is 4.74 Å². The molecule has 0 amide bonds. The lowest BCUT2D eigenvalue weighted by molar-refractivity contribution is 0.153. The van der Waals surface area contributed by atoms with Gasteiger partial charge in [-0.25, -0.2) is 0 Å². The highest BCUT2D eigenvalue weighted by Gasteiger charge is 2.17. The molecule has 0 spiro atoms. The van der Waals surface area contributed by atoms with E-state index in [-0.39, 0.29) is 0 Å². The number of hydrogen-bond acceptors (Lipinski definition) is 3. The second kappa shape index (κ2) is 6.64. The number of rotatable bonds is 5. The van der Waals surface area contributed by atoms with Gasteiger partial charge in [0, 0.05) is 6.54 Å². The third kappa shape index (κ3) is 3.64. The van der Waals surface area contributed by atoms with Crippen molar-refractivity contribution in [2.45, 2.75) is 26.2 Å². The number of piperidine rings is 1. The number of benzene rings is 1. The molecule has 0 aliphatic carbocycles. The van der Waals surface area contributed by atoms with Gasteiger partial charge in [-0.05, 0) is 44.0 Å². The second-order valence-corrected chi connectivity index (χ2v) is 5.08. The maximum atomic E-state index is 5.84. The number of nitrogens with two attached hydrogens (primary N) is 1. The summed E-state index contributed by atoms with van der Waals surface area (Å²) in [7, 11) is 0. The summed E-state index contributed by atoms with van der Waals surface area (Å²) in [4.78, 5) is 2.49. The largest absolute Gasteiger partial charge is 0.490 e. The van der Waals surface area contributed by atoms with Crippen LogP contribution in [-0.4, -0.2) is 31.1 Å². The molecule has 100 valence electrons. The molecule has 2 N–H and O–H groups in total. The standard InChI is InChI=1S/C15H24N2O/c1-2-13-7-9-17(10-8-13)11-12-18-15-6-4-3-5-14(15)16/h3-6,13H,2,7-12,16H2,1H3. The van der Waals surface area contributed by atoms with Crippen LogP contribution in [0.3, 0.4) is 0 Å². The van der Waals surface area contributed by atoms with Gasteiger partial charge in [-0.3, -0.25) is 4.90 Å². The average molecular weight is 248 g/mol. The lowest BCUT2D eigenvalue weighted by atomic mass is 9.94. The Hall–Kier alpha value is -1.22. The summed E-state index contributed by atoms with van der Waals surface area (Å²) >= 11 is 0. The predicted octanol–water partition coefficient (Wildman–Crippen LogP) is 2.77. The Morgan fingerprint density at radius 1 is 1.28 bits per heavy atom. The van der Waals surface area contributed by atoms with Gasteiger partial charge >= 0.3 is 0 Å². The van der Waals surface area contributed by atoms with E-state index in [1.54, 1.807) is 0 Å². The van der Waals surface area contributed by atoms with E-state index in [0.29, 0.717) is 0 Å². The highest BCUT2D eigenvalue weighted by Crippen LogP contribution is 2.21. The van der Waals surface area contributed by atoms with Crippen LogP contribution in [0, 0.1) is 5.92 Å². The van der Waals surface area contributed by atoms with Crippen LogP contribution in [0.25, 0.3) is 0 Å². The van der Waals surface area contributed by atoms with Crippen molar-refractivity contribution in [3.05, 3.63) is 24.3 Å². The van der Waals surface area contributed by atoms with Crippen LogP contribution in [0.15, 0.2) is 24.3 Å². The van der Waals surface area contributed by atoms with E-state index in [2.05, 4.69) is 11.8 Å². The lowest BCUT2D eigenvalue weighted by Crippen LogP contribution is -2.36. The van der Waals surface area contributed by atoms with Crippen molar-refractivity contribution in [1.29, 1.82) is 0 Å². The van der Waals surface area contributed by atoms with Gasteiger partial charge in [-0.15, -0.1) is 0 Å². The SMILES string of the molecule is CCC1CCN(CCOc2ccccc2N)CC1. The summed E-state index contributed by atoms with van der Waals surface area (Å²) in [6.07, 6.45) is 4.00. The lowest BCUT2D eigenvalue weighted by Gasteiger charge is -2.31. The summed E-state index contributed by atoms with van der Waals surface area (Å²) in [6, 6.07) is 7.69.